The molecule has 2 heterocycles. The molecule has 3 fully saturated rings. The number of fused-ring (bicyclic) bond motifs is 6. The van der Waals surface area contributed by atoms with Crippen molar-refractivity contribution >= 4 is 16.8 Å². The first kappa shape index (κ1) is 25.3. The monoisotopic (exact) mass is 535 g/mol. The molecule has 1 aromatic carbocycles. The van der Waals surface area contributed by atoms with Crippen molar-refractivity contribution in [2.75, 3.05) is 13.7 Å². The number of hydrogen-bond donors (Lipinski definition) is 1. The van der Waals surface area contributed by atoms with Crippen LogP contribution in [0.3, 0.4) is 0 Å². The standard InChI is InChI=1S/C31H37NO7/c1-15-13-30-16(2)10-21-23(28(21,3)4)20(24(30)33)11-17-14-36-29(5,6)38-26(17)31(30,34)25(15)37-27-19-9-8-18(35-7)12-22(19)39-32-27/h8-9,11-13,16,20-21,23,25-26,34H,10,14H2,1-7H3/t16-,20+,21-,23+,25+,26-,30+,31-/m1/s1. The third-order valence-electron chi connectivity index (χ3n) is 10.5. The Bertz CT molecular complexity index is 1450. The highest BCUT2D eigenvalue weighted by Crippen LogP contribution is 2.72. The smallest absolute Gasteiger partial charge is 0.262 e. The quantitative estimate of drug-likeness (QED) is 0.557. The van der Waals surface area contributed by atoms with Crippen molar-refractivity contribution in [1.82, 2.24) is 5.16 Å². The molecule has 5 aliphatic rings. The van der Waals surface area contributed by atoms with Crippen LogP contribution in [0, 0.1) is 34.5 Å². The van der Waals surface area contributed by atoms with Gasteiger partial charge in [0.05, 0.1) is 24.5 Å². The summed E-state index contributed by atoms with van der Waals surface area (Å²) >= 11 is 0. The van der Waals surface area contributed by atoms with Crippen molar-refractivity contribution in [1.29, 1.82) is 0 Å². The molecule has 0 amide bonds. The van der Waals surface area contributed by atoms with Crippen LogP contribution in [-0.4, -0.2) is 53.4 Å². The third-order valence-corrected chi connectivity index (χ3v) is 10.5. The maximum atomic E-state index is 14.8. The Morgan fingerprint density at radius 1 is 1.18 bits per heavy atom. The van der Waals surface area contributed by atoms with Gasteiger partial charge < -0.3 is 28.6 Å². The van der Waals surface area contributed by atoms with Crippen molar-refractivity contribution in [2.24, 2.45) is 34.5 Å². The van der Waals surface area contributed by atoms with Crippen LogP contribution in [0.5, 0.6) is 11.6 Å². The lowest BCUT2D eigenvalue weighted by atomic mass is 9.59. The molecular formula is C31H37NO7. The van der Waals surface area contributed by atoms with E-state index in [1.54, 1.807) is 13.2 Å². The highest BCUT2D eigenvalue weighted by molar-refractivity contribution is 5.95. The van der Waals surface area contributed by atoms with Gasteiger partial charge in [-0.25, -0.2) is 0 Å². The Labute approximate surface area is 228 Å². The molecule has 1 saturated heterocycles. The zero-order valence-corrected chi connectivity index (χ0v) is 23.6. The number of methoxy groups -OCH3 is 1. The van der Waals surface area contributed by atoms with E-state index in [1.165, 1.54) is 0 Å². The Kier molecular flexibility index (Phi) is 5.02. The number of aliphatic hydroxyl groups is 1. The fraction of sp³-hybridized carbons (Fsp3) is 0.613. The molecule has 1 aromatic heterocycles. The maximum Gasteiger partial charge on any atom is 0.262 e. The number of nitrogens with zero attached hydrogens (tertiary/aromatic N) is 1. The Balaban J connectivity index is 1.40. The molecule has 8 heteroatoms. The van der Waals surface area contributed by atoms with Gasteiger partial charge in [-0.05, 0) is 78.8 Å². The number of Topliss-reactive ketones (excluding diaryl/α,β-unsaturated/α-hetero) is 1. The summed E-state index contributed by atoms with van der Waals surface area (Å²) in [6.07, 6.45) is 3.21. The number of hydrogen-bond acceptors (Lipinski definition) is 8. The van der Waals surface area contributed by atoms with E-state index in [0.29, 0.717) is 22.6 Å². The zero-order chi connectivity index (χ0) is 27.7. The molecule has 2 saturated carbocycles. The van der Waals surface area contributed by atoms with Crippen molar-refractivity contribution < 1.29 is 33.4 Å². The van der Waals surface area contributed by atoms with E-state index in [1.807, 2.05) is 39.0 Å². The van der Waals surface area contributed by atoms with E-state index >= 15 is 0 Å². The van der Waals surface area contributed by atoms with Crippen LogP contribution >= 0.6 is 0 Å². The molecule has 0 unspecified atom stereocenters. The molecule has 1 N–H and O–H groups in total. The number of carbonyl (C=O) groups excluding carboxylic acids is 1. The average molecular weight is 536 g/mol. The molecule has 1 spiro atoms. The van der Waals surface area contributed by atoms with Crippen LogP contribution in [-0.2, 0) is 14.3 Å². The van der Waals surface area contributed by atoms with Gasteiger partial charge in [0.25, 0.3) is 5.88 Å². The highest BCUT2D eigenvalue weighted by Gasteiger charge is 2.77. The lowest BCUT2D eigenvalue weighted by molar-refractivity contribution is -0.301. The summed E-state index contributed by atoms with van der Waals surface area (Å²) in [7, 11) is 1.59. The number of benzene rings is 1. The Morgan fingerprint density at radius 3 is 2.69 bits per heavy atom. The molecule has 39 heavy (non-hydrogen) atoms. The first-order chi connectivity index (χ1) is 18.3. The highest BCUT2D eigenvalue weighted by atomic mass is 16.7. The molecule has 1 aliphatic heterocycles. The van der Waals surface area contributed by atoms with Gasteiger partial charge in [0.2, 0.25) is 0 Å². The summed E-state index contributed by atoms with van der Waals surface area (Å²) in [6.45, 7) is 12.5. The first-order valence-corrected chi connectivity index (χ1v) is 13.9. The van der Waals surface area contributed by atoms with Crippen LogP contribution in [0.2, 0.25) is 0 Å². The largest absolute Gasteiger partial charge is 0.497 e. The SMILES string of the molecule is COc1ccc2c(O[C@H]3C(C)=C[C@]45C(=O)[C@@H](C=C6COC(C)(C)O[C@H]6[C@]34O)[C@H]3[C@@H](C[C@H]5C)C3(C)C)noc2c1. The topological polar surface area (TPSA) is 100 Å². The predicted octanol–water partition coefficient (Wildman–Crippen LogP) is 4.85. The minimum Gasteiger partial charge on any atom is -0.497 e. The van der Waals surface area contributed by atoms with Crippen LogP contribution < -0.4 is 9.47 Å². The van der Waals surface area contributed by atoms with Crippen molar-refractivity contribution in [3.63, 3.8) is 0 Å². The molecular weight excluding hydrogens is 498 g/mol. The van der Waals surface area contributed by atoms with Crippen LogP contribution in [0.15, 0.2) is 46.0 Å². The van der Waals surface area contributed by atoms with E-state index in [2.05, 4.69) is 32.0 Å². The van der Waals surface area contributed by atoms with E-state index < -0.39 is 29.0 Å². The minimum absolute atomic E-state index is 0.0547. The third kappa shape index (κ3) is 3.11. The lowest BCUT2D eigenvalue weighted by Gasteiger charge is -2.52. The van der Waals surface area contributed by atoms with Gasteiger partial charge in [0, 0.05) is 12.0 Å². The van der Waals surface area contributed by atoms with Gasteiger partial charge in [-0.3, -0.25) is 4.79 Å². The second-order valence-corrected chi connectivity index (χ2v) is 13.3. The molecule has 208 valence electrons. The number of aromatic nitrogens is 1. The normalized spacial score (nSPS) is 41.4. The zero-order valence-electron chi connectivity index (χ0n) is 23.6. The second-order valence-electron chi connectivity index (χ2n) is 13.3. The molecule has 7 rings (SSSR count). The number of allylic oxidation sites excluding steroid dienone is 1. The van der Waals surface area contributed by atoms with E-state index in [-0.39, 0.29) is 41.4 Å². The number of carbonyl (C=O) groups is 1. The molecule has 8 atom stereocenters. The van der Waals surface area contributed by atoms with Crippen molar-refractivity contribution in [2.45, 2.75) is 71.6 Å². The van der Waals surface area contributed by atoms with Gasteiger partial charge in [-0.2, -0.15) is 0 Å². The summed E-state index contributed by atoms with van der Waals surface area (Å²) < 4.78 is 30.1. The summed E-state index contributed by atoms with van der Waals surface area (Å²) in [6, 6.07) is 5.38. The molecule has 8 nitrogen and oxygen atoms in total. The molecule has 0 radical (unpaired) electrons. The second kappa shape index (κ2) is 7.74. The molecule has 4 aliphatic carbocycles. The fourth-order valence-corrected chi connectivity index (χ4v) is 8.52. The van der Waals surface area contributed by atoms with Gasteiger partial charge in [0.15, 0.2) is 28.9 Å². The summed E-state index contributed by atoms with van der Waals surface area (Å²) in [5.74, 6) is 0.187. The fourth-order valence-electron chi connectivity index (χ4n) is 8.52. The van der Waals surface area contributed by atoms with Gasteiger partial charge in [-0.15, -0.1) is 0 Å². The van der Waals surface area contributed by atoms with Gasteiger partial charge >= 0.3 is 0 Å². The van der Waals surface area contributed by atoms with Crippen LogP contribution in [0.1, 0.15) is 48.0 Å². The van der Waals surface area contributed by atoms with E-state index in [0.717, 1.165) is 17.6 Å². The number of ether oxygens (including phenoxy) is 4. The van der Waals surface area contributed by atoms with Gasteiger partial charge in [0.1, 0.15) is 11.9 Å². The van der Waals surface area contributed by atoms with E-state index in [4.69, 9.17) is 23.5 Å². The summed E-state index contributed by atoms with van der Waals surface area (Å²) in [5.41, 5.74) is -0.737. The average Bonchev–Trinajstić information content (AvgIpc) is 3.16. The van der Waals surface area contributed by atoms with Crippen LogP contribution in [0.4, 0.5) is 0 Å². The Hall–Kier alpha value is -2.68. The molecule has 2 bridgehead atoms. The van der Waals surface area contributed by atoms with E-state index in [9.17, 15) is 9.90 Å². The lowest BCUT2D eigenvalue weighted by Crippen LogP contribution is -2.68. The summed E-state index contributed by atoms with van der Waals surface area (Å²) in [5, 5.41) is 18.1. The number of rotatable bonds is 3. The van der Waals surface area contributed by atoms with Crippen LogP contribution in [0.25, 0.3) is 11.0 Å². The molecule has 2 aromatic rings. The van der Waals surface area contributed by atoms with Gasteiger partial charge in [-0.1, -0.05) is 32.9 Å². The summed E-state index contributed by atoms with van der Waals surface area (Å²) in [4.78, 5) is 14.8. The minimum atomic E-state index is -1.71. The predicted molar refractivity (Wildman–Crippen MR) is 142 cm³/mol. The Morgan fingerprint density at radius 2 is 1.95 bits per heavy atom. The first-order valence-electron chi connectivity index (χ1n) is 13.9. The van der Waals surface area contributed by atoms with Crippen molar-refractivity contribution in [3.8, 4) is 11.6 Å². The maximum absolute atomic E-state index is 14.8. The number of ketones is 1. The van der Waals surface area contributed by atoms with Crippen molar-refractivity contribution in [3.05, 3.63) is 41.5 Å².